The Hall–Kier alpha value is -3.74. The number of hydrogen-bond acceptors (Lipinski definition) is 11. The molecule has 0 radical (unpaired) electrons. The second kappa shape index (κ2) is 10.7. The summed E-state index contributed by atoms with van der Waals surface area (Å²) in [7, 11) is 1.49. The molecule has 11 nitrogen and oxygen atoms in total. The van der Waals surface area contributed by atoms with Gasteiger partial charge >= 0.3 is 0 Å². The third-order valence-electron chi connectivity index (χ3n) is 5.48. The lowest BCUT2D eigenvalue weighted by Gasteiger charge is -2.26. The zero-order chi connectivity index (χ0) is 24.9. The molecule has 3 aromatic rings. The van der Waals surface area contributed by atoms with Gasteiger partial charge in [-0.3, -0.25) is 9.83 Å². The molecule has 2 atom stereocenters. The lowest BCUT2D eigenvalue weighted by Crippen LogP contribution is -2.33. The van der Waals surface area contributed by atoms with Gasteiger partial charge in [-0.1, -0.05) is 6.07 Å². The molecule has 0 bridgehead atoms. The normalized spacial score (nSPS) is 15.8. The van der Waals surface area contributed by atoms with Crippen molar-refractivity contribution in [3.05, 3.63) is 58.8 Å². The predicted molar refractivity (Wildman–Crippen MR) is 125 cm³/mol. The number of amidine groups is 1. The molecule has 2 aromatic heterocycles. The monoisotopic (exact) mass is 483 g/mol. The molecule has 5 N–H and O–H groups in total. The second-order valence-electron chi connectivity index (χ2n) is 7.92. The summed E-state index contributed by atoms with van der Waals surface area (Å²) in [6.45, 7) is 1.55. The number of nitrogens with zero attached hydrogens (tertiary/aromatic N) is 5. The van der Waals surface area contributed by atoms with Gasteiger partial charge in [0.25, 0.3) is 0 Å². The molecule has 3 heterocycles. The molecule has 0 fully saturated rings. The van der Waals surface area contributed by atoms with Crippen LogP contribution in [-0.2, 0) is 11.3 Å². The number of benzene rings is 1. The molecule has 1 aromatic carbocycles. The number of hydrogen-bond donors (Lipinski definition) is 4. The molecule has 1 aliphatic heterocycles. The Labute approximate surface area is 200 Å². The van der Waals surface area contributed by atoms with E-state index in [0.717, 1.165) is 0 Å². The number of aliphatic hydroxyl groups is 2. The first kappa shape index (κ1) is 24.4. The summed E-state index contributed by atoms with van der Waals surface area (Å²) < 4.78 is 19.5. The molecule has 12 heteroatoms. The van der Waals surface area contributed by atoms with Crippen LogP contribution in [0.5, 0.6) is 5.88 Å². The van der Waals surface area contributed by atoms with Crippen LogP contribution < -0.4 is 16.0 Å². The fourth-order valence-corrected chi connectivity index (χ4v) is 3.82. The highest BCUT2D eigenvalue weighted by Gasteiger charge is 2.29. The van der Waals surface area contributed by atoms with Crippen molar-refractivity contribution in [1.82, 2.24) is 25.4 Å². The highest BCUT2D eigenvalue weighted by Crippen LogP contribution is 2.35. The minimum Gasteiger partial charge on any atom is -0.481 e. The van der Waals surface area contributed by atoms with E-state index in [1.807, 2.05) is 0 Å². The van der Waals surface area contributed by atoms with Crippen LogP contribution in [-0.4, -0.2) is 62.4 Å². The molecule has 0 saturated heterocycles. The molecule has 35 heavy (non-hydrogen) atoms. The number of rotatable bonds is 8. The quantitative estimate of drug-likeness (QED) is 0.271. The van der Waals surface area contributed by atoms with Gasteiger partial charge in [0.2, 0.25) is 11.8 Å². The zero-order valence-corrected chi connectivity index (χ0v) is 19.3. The average Bonchev–Trinajstić information content (AvgIpc) is 2.85. The van der Waals surface area contributed by atoms with Gasteiger partial charge in [-0.05, 0) is 24.6 Å². The molecular formula is C23H26FN7O4. The maximum Gasteiger partial charge on any atom is 0.220 e. The van der Waals surface area contributed by atoms with Gasteiger partial charge in [0, 0.05) is 30.7 Å². The zero-order valence-electron chi connectivity index (χ0n) is 19.3. The van der Waals surface area contributed by atoms with E-state index in [1.54, 1.807) is 19.1 Å². The second-order valence-corrected chi connectivity index (χ2v) is 7.92. The van der Waals surface area contributed by atoms with Crippen molar-refractivity contribution >= 4 is 11.8 Å². The van der Waals surface area contributed by atoms with Gasteiger partial charge in [-0.25, -0.2) is 24.8 Å². The fraction of sp³-hybridized carbons (Fsp3) is 0.348. The van der Waals surface area contributed by atoms with Crippen molar-refractivity contribution in [2.75, 3.05) is 26.1 Å². The Balaban J connectivity index is 1.73. The first-order valence-electron chi connectivity index (χ1n) is 10.9. The Bertz CT molecular complexity index is 1240. The van der Waals surface area contributed by atoms with E-state index in [2.05, 4.69) is 25.4 Å². The van der Waals surface area contributed by atoms with Crippen molar-refractivity contribution in [1.29, 1.82) is 0 Å². The van der Waals surface area contributed by atoms with Crippen molar-refractivity contribution in [2.45, 2.75) is 31.9 Å². The average molecular weight is 484 g/mol. The molecule has 0 unspecified atom stereocenters. The number of aliphatic imine (C=N–C) groups is 1. The van der Waals surface area contributed by atoms with E-state index < -0.39 is 18.0 Å². The van der Waals surface area contributed by atoms with Crippen LogP contribution in [0.2, 0.25) is 0 Å². The number of halogens is 1. The van der Waals surface area contributed by atoms with Gasteiger partial charge in [0.05, 0.1) is 49.4 Å². The number of anilines is 1. The largest absolute Gasteiger partial charge is 0.481 e. The third kappa shape index (κ3) is 5.50. The van der Waals surface area contributed by atoms with Crippen molar-refractivity contribution in [2.24, 2.45) is 4.99 Å². The molecule has 0 saturated carbocycles. The van der Waals surface area contributed by atoms with Gasteiger partial charge in [0.1, 0.15) is 5.82 Å². The number of nitrogens with one attached hydrogen (secondary N) is 1. The summed E-state index contributed by atoms with van der Waals surface area (Å²) in [6, 6.07) is 5.46. The number of nitrogen functional groups attached to an aromatic ring is 1. The van der Waals surface area contributed by atoms with Gasteiger partial charge < -0.3 is 20.7 Å². The van der Waals surface area contributed by atoms with E-state index >= 15 is 0 Å². The number of ether oxygens (including phenoxy) is 1. The first-order valence-corrected chi connectivity index (χ1v) is 10.9. The van der Waals surface area contributed by atoms with Crippen LogP contribution in [0.15, 0.2) is 35.5 Å². The summed E-state index contributed by atoms with van der Waals surface area (Å²) in [5.41, 5.74) is 11.8. The smallest absolute Gasteiger partial charge is 0.220 e. The molecule has 1 aliphatic rings. The summed E-state index contributed by atoms with van der Waals surface area (Å²) in [4.78, 5) is 27.6. The standard InChI is InChI=1S/C23H26FN7O4/c1-12-20-18(29-23(25)27-12)10-17(28-22(20)31-35-8-6-14(33)11-32)15-4-3-13(24)9-16(15)21-26-7-5-19(30-21)34-2/h3-5,7,9,14,17,32-33H,6,8,10-11H2,1-2H3,(H,28,31)(H2,25,27,29)/t14-,17+/m0/s1. The molecule has 184 valence electrons. The lowest BCUT2D eigenvalue weighted by molar-refractivity contribution is 0.0287. The van der Waals surface area contributed by atoms with Gasteiger partial charge in [0.15, 0.2) is 11.7 Å². The number of aliphatic hydroxyl groups excluding tert-OH is 2. The summed E-state index contributed by atoms with van der Waals surface area (Å²) in [5.74, 6) is 0.696. The van der Waals surface area contributed by atoms with Crippen molar-refractivity contribution in [3.8, 4) is 17.3 Å². The van der Waals surface area contributed by atoms with Crippen LogP contribution in [0.1, 0.15) is 35.0 Å². The minimum atomic E-state index is -0.889. The summed E-state index contributed by atoms with van der Waals surface area (Å²) in [6.07, 6.45) is 1.24. The third-order valence-corrected chi connectivity index (χ3v) is 5.48. The first-order chi connectivity index (χ1) is 16.9. The van der Waals surface area contributed by atoms with Crippen LogP contribution in [0.3, 0.4) is 0 Å². The van der Waals surface area contributed by atoms with Crippen LogP contribution in [0, 0.1) is 12.7 Å². The molecule has 0 amide bonds. The Morgan fingerprint density at radius 3 is 2.86 bits per heavy atom. The van der Waals surface area contributed by atoms with Crippen molar-refractivity contribution in [3.63, 3.8) is 0 Å². The Kier molecular flexibility index (Phi) is 7.44. The fourth-order valence-electron chi connectivity index (χ4n) is 3.82. The Morgan fingerprint density at radius 1 is 1.26 bits per heavy atom. The topological polar surface area (TPSA) is 161 Å². The van der Waals surface area contributed by atoms with E-state index in [4.69, 9.17) is 25.4 Å². The highest BCUT2D eigenvalue weighted by atomic mass is 19.1. The molecule has 4 rings (SSSR count). The molecular weight excluding hydrogens is 457 g/mol. The van der Waals surface area contributed by atoms with Gasteiger partial charge in [-0.2, -0.15) is 4.98 Å². The van der Waals surface area contributed by atoms with E-state index in [9.17, 15) is 9.50 Å². The van der Waals surface area contributed by atoms with Crippen LogP contribution in [0.25, 0.3) is 11.4 Å². The van der Waals surface area contributed by atoms with Crippen molar-refractivity contribution < 1.29 is 24.2 Å². The van der Waals surface area contributed by atoms with E-state index in [-0.39, 0.29) is 25.6 Å². The minimum absolute atomic E-state index is 0.120. The SMILES string of the molecule is COc1ccnc(-c2cc(F)ccc2[C@H]2Cc3nc(N)nc(C)c3C(NOCC[C@H](O)CO)=N2)n1. The maximum absolute atomic E-state index is 14.3. The lowest BCUT2D eigenvalue weighted by atomic mass is 9.92. The van der Waals surface area contributed by atoms with Crippen LogP contribution in [0.4, 0.5) is 10.3 Å². The number of aryl methyl sites for hydroxylation is 1. The summed E-state index contributed by atoms with van der Waals surface area (Å²) in [5, 5.41) is 18.5. The van der Waals surface area contributed by atoms with E-state index in [1.165, 1.54) is 25.4 Å². The maximum atomic E-state index is 14.3. The predicted octanol–water partition coefficient (Wildman–Crippen LogP) is 1.28. The number of aromatic nitrogens is 4. The molecule has 0 aliphatic carbocycles. The number of hydroxylamine groups is 1. The van der Waals surface area contributed by atoms with Gasteiger partial charge in [-0.15, -0.1) is 0 Å². The highest BCUT2D eigenvalue weighted by molar-refractivity contribution is 6.01. The van der Waals surface area contributed by atoms with Crippen LogP contribution >= 0.6 is 0 Å². The summed E-state index contributed by atoms with van der Waals surface area (Å²) >= 11 is 0. The number of methoxy groups -OCH3 is 1. The number of fused-ring (bicyclic) bond motifs is 1. The number of nitrogens with two attached hydrogens (primary N) is 1. The van der Waals surface area contributed by atoms with E-state index in [0.29, 0.717) is 52.0 Å². The Morgan fingerprint density at radius 2 is 2.09 bits per heavy atom. The molecule has 0 spiro atoms.